The van der Waals surface area contributed by atoms with E-state index in [2.05, 4.69) is 86.6 Å². The van der Waals surface area contributed by atoms with E-state index in [1.165, 1.54) is 16.7 Å². The van der Waals surface area contributed by atoms with E-state index in [0.717, 1.165) is 15.4 Å². The molecule has 0 aliphatic carbocycles. The number of hydrogen-bond acceptors (Lipinski definition) is 1. The van der Waals surface area contributed by atoms with Crippen LogP contribution in [0.25, 0.3) is 0 Å². The quantitative estimate of drug-likeness (QED) is 0.782. The average molecular weight is 383 g/mol. The Morgan fingerprint density at radius 2 is 1.89 bits per heavy atom. The molecular formula is C16H17Br2N. The molecule has 2 rings (SSSR count). The molecule has 0 saturated heterocycles. The average Bonchev–Trinajstić information content (AvgIpc) is 2.37. The lowest BCUT2D eigenvalue weighted by Gasteiger charge is -2.19. The summed E-state index contributed by atoms with van der Waals surface area (Å²) in [5.74, 6) is 0. The third-order valence-electron chi connectivity index (χ3n) is 3.21. The topological polar surface area (TPSA) is 12.0 Å². The molecule has 2 aromatic rings. The smallest absolute Gasteiger partial charge is 0.0369 e. The number of nitrogens with one attached hydrogen (secondary N) is 1. The summed E-state index contributed by atoms with van der Waals surface area (Å²) in [6.45, 7) is 2.13. The first kappa shape index (κ1) is 14.8. The molecule has 0 amide bonds. The van der Waals surface area contributed by atoms with Crippen molar-refractivity contribution in [3.8, 4) is 0 Å². The van der Waals surface area contributed by atoms with E-state index in [9.17, 15) is 0 Å². The van der Waals surface area contributed by atoms with Gasteiger partial charge in [-0.2, -0.15) is 0 Å². The second-order valence-corrected chi connectivity index (χ2v) is 6.47. The Morgan fingerprint density at radius 3 is 2.53 bits per heavy atom. The minimum absolute atomic E-state index is 0.310. The highest BCUT2D eigenvalue weighted by Crippen LogP contribution is 2.28. The first-order valence-electron chi connectivity index (χ1n) is 6.28. The van der Waals surface area contributed by atoms with Crippen LogP contribution in [0.4, 0.5) is 0 Å². The van der Waals surface area contributed by atoms with Crippen LogP contribution in [-0.4, -0.2) is 7.05 Å². The van der Waals surface area contributed by atoms with Gasteiger partial charge in [0.05, 0.1) is 0 Å². The Kier molecular flexibility index (Phi) is 5.20. The standard InChI is InChI=1S/C16H17Br2N/c1-11-4-3-5-12(8-11)9-16(19-2)14-7-6-13(17)10-15(14)18/h3-8,10,16,19H,9H2,1-2H3. The summed E-state index contributed by atoms with van der Waals surface area (Å²) < 4.78 is 2.22. The van der Waals surface area contributed by atoms with Gasteiger partial charge in [0.25, 0.3) is 0 Å². The van der Waals surface area contributed by atoms with Crippen molar-refractivity contribution in [1.82, 2.24) is 5.32 Å². The van der Waals surface area contributed by atoms with Gasteiger partial charge in [0.1, 0.15) is 0 Å². The Bertz CT molecular complexity index is 566. The van der Waals surface area contributed by atoms with E-state index in [0.29, 0.717) is 6.04 Å². The van der Waals surface area contributed by atoms with Crippen molar-refractivity contribution < 1.29 is 0 Å². The summed E-state index contributed by atoms with van der Waals surface area (Å²) in [4.78, 5) is 0. The van der Waals surface area contributed by atoms with Gasteiger partial charge in [-0.3, -0.25) is 0 Å². The Balaban J connectivity index is 2.25. The van der Waals surface area contributed by atoms with Gasteiger partial charge < -0.3 is 5.32 Å². The van der Waals surface area contributed by atoms with Crippen LogP contribution in [0.15, 0.2) is 51.4 Å². The fourth-order valence-electron chi connectivity index (χ4n) is 2.23. The predicted octanol–water partition coefficient (Wildman–Crippen LogP) is 5.02. The monoisotopic (exact) mass is 381 g/mol. The van der Waals surface area contributed by atoms with Crippen LogP contribution in [0, 0.1) is 6.92 Å². The molecule has 0 radical (unpaired) electrons. The molecule has 0 aliphatic heterocycles. The lowest BCUT2D eigenvalue weighted by Crippen LogP contribution is -2.19. The minimum Gasteiger partial charge on any atom is -0.313 e. The lowest BCUT2D eigenvalue weighted by atomic mass is 9.98. The third kappa shape index (κ3) is 3.91. The van der Waals surface area contributed by atoms with Crippen molar-refractivity contribution in [1.29, 1.82) is 0 Å². The van der Waals surface area contributed by atoms with Crippen LogP contribution < -0.4 is 5.32 Å². The summed E-state index contributed by atoms with van der Waals surface area (Å²) in [7, 11) is 2.01. The van der Waals surface area contributed by atoms with Gasteiger partial charge >= 0.3 is 0 Å². The van der Waals surface area contributed by atoms with Crippen LogP contribution in [0.2, 0.25) is 0 Å². The van der Waals surface area contributed by atoms with Crippen molar-refractivity contribution >= 4 is 31.9 Å². The molecule has 3 heteroatoms. The highest BCUT2D eigenvalue weighted by Gasteiger charge is 2.13. The zero-order valence-corrected chi connectivity index (χ0v) is 14.3. The van der Waals surface area contributed by atoms with Crippen LogP contribution in [0.3, 0.4) is 0 Å². The molecule has 0 heterocycles. The van der Waals surface area contributed by atoms with Gasteiger partial charge in [0, 0.05) is 15.0 Å². The molecule has 1 unspecified atom stereocenters. The van der Waals surface area contributed by atoms with Gasteiger partial charge in [0.2, 0.25) is 0 Å². The lowest BCUT2D eigenvalue weighted by molar-refractivity contribution is 0.589. The molecule has 2 aromatic carbocycles. The number of halogens is 2. The molecule has 0 bridgehead atoms. The predicted molar refractivity (Wildman–Crippen MR) is 88.5 cm³/mol. The van der Waals surface area contributed by atoms with E-state index >= 15 is 0 Å². The van der Waals surface area contributed by atoms with Crippen LogP contribution in [0.1, 0.15) is 22.7 Å². The van der Waals surface area contributed by atoms with E-state index in [1.807, 2.05) is 7.05 Å². The number of rotatable bonds is 4. The van der Waals surface area contributed by atoms with Crippen molar-refractivity contribution in [3.63, 3.8) is 0 Å². The maximum atomic E-state index is 3.65. The SMILES string of the molecule is CNC(Cc1cccc(C)c1)c1ccc(Br)cc1Br. The number of aryl methyl sites for hydroxylation is 1. The summed E-state index contributed by atoms with van der Waals surface area (Å²) in [6, 6.07) is 15.3. The largest absolute Gasteiger partial charge is 0.313 e. The molecule has 0 aromatic heterocycles. The zero-order valence-electron chi connectivity index (χ0n) is 11.1. The molecule has 0 saturated carbocycles. The van der Waals surface area contributed by atoms with Gasteiger partial charge in [0.15, 0.2) is 0 Å². The Morgan fingerprint density at radius 1 is 1.11 bits per heavy atom. The second kappa shape index (κ2) is 6.69. The van der Waals surface area contributed by atoms with Crippen molar-refractivity contribution in [2.24, 2.45) is 0 Å². The summed E-state index contributed by atoms with van der Waals surface area (Å²) in [5, 5.41) is 3.40. The number of hydrogen-bond donors (Lipinski definition) is 1. The molecular weight excluding hydrogens is 366 g/mol. The van der Waals surface area contributed by atoms with Gasteiger partial charge in [-0.15, -0.1) is 0 Å². The first-order chi connectivity index (χ1) is 9.10. The van der Waals surface area contributed by atoms with Crippen molar-refractivity contribution in [2.45, 2.75) is 19.4 Å². The molecule has 100 valence electrons. The summed E-state index contributed by atoms with van der Waals surface area (Å²) in [6.07, 6.45) is 0.985. The summed E-state index contributed by atoms with van der Waals surface area (Å²) in [5.41, 5.74) is 3.95. The molecule has 1 atom stereocenters. The Hall–Kier alpha value is -0.640. The van der Waals surface area contributed by atoms with Crippen LogP contribution in [-0.2, 0) is 6.42 Å². The normalized spacial score (nSPS) is 12.4. The number of benzene rings is 2. The molecule has 0 fully saturated rings. The third-order valence-corrected chi connectivity index (χ3v) is 4.39. The first-order valence-corrected chi connectivity index (χ1v) is 7.86. The molecule has 1 nitrogen and oxygen atoms in total. The highest BCUT2D eigenvalue weighted by atomic mass is 79.9. The van der Waals surface area contributed by atoms with E-state index in [-0.39, 0.29) is 0 Å². The molecule has 0 aliphatic rings. The van der Waals surface area contributed by atoms with Crippen molar-refractivity contribution in [2.75, 3.05) is 7.05 Å². The Labute approximate surface area is 131 Å². The van der Waals surface area contributed by atoms with Gasteiger partial charge in [-0.1, -0.05) is 67.8 Å². The summed E-state index contributed by atoms with van der Waals surface area (Å²) >= 11 is 7.14. The maximum absolute atomic E-state index is 3.65. The molecule has 19 heavy (non-hydrogen) atoms. The van der Waals surface area contributed by atoms with E-state index in [1.54, 1.807) is 0 Å². The highest BCUT2D eigenvalue weighted by molar-refractivity contribution is 9.11. The van der Waals surface area contributed by atoms with Crippen LogP contribution in [0.5, 0.6) is 0 Å². The fourth-order valence-corrected chi connectivity index (χ4v) is 3.55. The molecule has 1 N–H and O–H groups in total. The van der Waals surface area contributed by atoms with Crippen LogP contribution >= 0.6 is 31.9 Å². The maximum Gasteiger partial charge on any atom is 0.0369 e. The van der Waals surface area contributed by atoms with E-state index < -0.39 is 0 Å². The van der Waals surface area contributed by atoms with Crippen molar-refractivity contribution in [3.05, 3.63) is 68.1 Å². The zero-order chi connectivity index (χ0) is 13.8. The minimum atomic E-state index is 0.310. The van der Waals surface area contributed by atoms with Gasteiger partial charge in [-0.25, -0.2) is 0 Å². The fraction of sp³-hybridized carbons (Fsp3) is 0.250. The van der Waals surface area contributed by atoms with Gasteiger partial charge in [-0.05, 0) is 43.7 Å². The van der Waals surface area contributed by atoms with E-state index in [4.69, 9.17) is 0 Å². The number of likely N-dealkylation sites (N-methyl/N-ethyl adjacent to an activating group) is 1. The second-order valence-electron chi connectivity index (χ2n) is 4.70. The molecule has 0 spiro atoms.